The molecule has 0 unspecified atom stereocenters. The molecule has 3 rings (SSSR count). The first-order chi connectivity index (χ1) is 12.4. The van der Waals surface area contributed by atoms with E-state index in [1.54, 1.807) is 31.2 Å². The second-order valence-electron chi connectivity index (χ2n) is 5.45. The predicted octanol–water partition coefficient (Wildman–Crippen LogP) is 5.72. The largest absolute Gasteiger partial charge is 0.451 e. The molecule has 26 heavy (non-hydrogen) atoms. The van der Waals surface area contributed by atoms with Crippen molar-refractivity contribution in [2.75, 3.05) is 5.32 Å². The molecule has 1 N–H and O–H groups in total. The summed E-state index contributed by atoms with van der Waals surface area (Å²) >= 11 is 12.1. The fourth-order valence-corrected chi connectivity index (χ4v) is 2.79. The lowest BCUT2D eigenvalue weighted by molar-refractivity contribution is -0.384. The van der Waals surface area contributed by atoms with Crippen molar-refractivity contribution in [3.05, 3.63) is 80.0 Å². The highest BCUT2D eigenvalue weighted by Crippen LogP contribution is 2.32. The van der Waals surface area contributed by atoms with E-state index >= 15 is 0 Å². The van der Waals surface area contributed by atoms with Crippen LogP contribution in [0.5, 0.6) is 0 Å². The molecule has 0 saturated heterocycles. The monoisotopic (exact) mass is 390 g/mol. The van der Waals surface area contributed by atoms with Crippen LogP contribution in [0.2, 0.25) is 10.0 Å². The zero-order valence-corrected chi connectivity index (χ0v) is 15.0. The van der Waals surface area contributed by atoms with Crippen LogP contribution in [0.1, 0.15) is 16.1 Å². The number of nitrogens with one attached hydrogen (secondary N) is 1. The summed E-state index contributed by atoms with van der Waals surface area (Å²) in [4.78, 5) is 22.6. The number of halogens is 2. The van der Waals surface area contributed by atoms with E-state index in [0.29, 0.717) is 22.0 Å². The van der Waals surface area contributed by atoms with Gasteiger partial charge in [-0.3, -0.25) is 14.9 Å². The van der Waals surface area contributed by atoms with Gasteiger partial charge in [-0.15, -0.1) is 0 Å². The number of carbonyl (C=O) groups is 1. The molecule has 0 aliphatic rings. The Morgan fingerprint density at radius 2 is 1.88 bits per heavy atom. The van der Waals surface area contributed by atoms with Crippen LogP contribution >= 0.6 is 23.2 Å². The van der Waals surface area contributed by atoms with Crippen LogP contribution in [0, 0.1) is 17.0 Å². The highest BCUT2D eigenvalue weighted by Gasteiger charge is 2.17. The number of hydrogen-bond donors (Lipinski definition) is 1. The predicted molar refractivity (Wildman–Crippen MR) is 100.0 cm³/mol. The van der Waals surface area contributed by atoms with Gasteiger partial charge in [-0.1, -0.05) is 29.3 Å². The highest BCUT2D eigenvalue weighted by molar-refractivity contribution is 6.33. The van der Waals surface area contributed by atoms with E-state index in [0.717, 1.165) is 5.56 Å². The lowest BCUT2D eigenvalue weighted by Crippen LogP contribution is -2.11. The minimum absolute atomic E-state index is 0.0776. The van der Waals surface area contributed by atoms with Gasteiger partial charge in [0.25, 0.3) is 11.6 Å². The standard InChI is InChI=1S/C18H12Cl2N2O4/c1-10-13(19)3-2-4-15(10)21-18(23)17-8-7-16(26-17)12-6-5-11(22(24)25)9-14(12)20/h2-9H,1H3,(H,21,23). The molecular formula is C18H12Cl2N2O4. The summed E-state index contributed by atoms with van der Waals surface area (Å²) in [5.41, 5.74) is 1.65. The maximum Gasteiger partial charge on any atom is 0.291 e. The molecule has 8 heteroatoms. The fraction of sp³-hybridized carbons (Fsp3) is 0.0556. The van der Waals surface area contributed by atoms with Gasteiger partial charge >= 0.3 is 0 Å². The number of rotatable bonds is 4. The molecule has 0 radical (unpaired) electrons. The lowest BCUT2D eigenvalue weighted by Gasteiger charge is -2.08. The van der Waals surface area contributed by atoms with Gasteiger partial charge in [-0.2, -0.15) is 0 Å². The summed E-state index contributed by atoms with van der Waals surface area (Å²) < 4.78 is 5.56. The smallest absolute Gasteiger partial charge is 0.291 e. The average molecular weight is 391 g/mol. The molecule has 0 fully saturated rings. The topological polar surface area (TPSA) is 85.4 Å². The molecule has 2 aromatic carbocycles. The molecular weight excluding hydrogens is 379 g/mol. The maximum atomic E-state index is 12.4. The lowest BCUT2D eigenvalue weighted by atomic mass is 10.1. The number of furan rings is 1. The number of amides is 1. The van der Waals surface area contributed by atoms with Gasteiger partial charge in [-0.05, 0) is 42.8 Å². The Morgan fingerprint density at radius 3 is 2.58 bits per heavy atom. The minimum Gasteiger partial charge on any atom is -0.451 e. The zero-order valence-electron chi connectivity index (χ0n) is 13.5. The van der Waals surface area contributed by atoms with E-state index in [4.69, 9.17) is 27.6 Å². The number of hydrogen-bond acceptors (Lipinski definition) is 4. The molecule has 0 spiro atoms. The second kappa shape index (κ2) is 7.19. The molecule has 0 saturated carbocycles. The van der Waals surface area contributed by atoms with Gasteiger partial charge in [0.1, 0.15) is 5.76 Å². The third-order valence-electron chi connectivity index (χ3n) is 3.77. The Hall–Kier alpha value is -2.83. The normalized spacial score (nSPS) is 10.6. The summed E-state index contributed by atoms with van der Waals surface area (Å²) in [6.07, 6.45) is 0. The maximum absolute atomic E-state index is 12.4. The van der Waals surface area contributed by atoms with Crippen LogP contribution in [-0.2, 0) is 0 Å². The van der Waals surface area contributed by atoms with E-state index < -0.39 is 10.8 Å². The summed E-state index contributed by atoms with van der Waals surface area (Å²) in [5, 5.41) is 14.2. The summed E-state index contributed by atoms with van der Waals surface area (Å²) in [6, 6.07) is 12.3. The molecule has 0 atom stereocenters. The number of benzene rings is 2. The number of nitro benzene ring substituents is 1. The van der Waals surface area contributed by atoms with Crippen molar-refractivity contribution >= 4 is 40.5 Å². The first-order valence-electron chi connectivity index (χ1n) is 7.47. The minimum atomic E-state index is -0.538. The highest BCUT2D eigenvalue weighted by atomic mass is 35.5. The van der Waals surface area contributed by atoms with Crippen molar-refractivity contribution in [2.24, 2.45) is 0 Å². The van der Waals surface area contributed by atoms with Gasteiger partial charge < -0.3 is 9.73 Å². The van der Waals surface area contributed by atoms with Crippen molar-refractivity contribution in [1.82, 2.24) is 0 Å². The summed E-state index contributed by atoms with van der Waals surface area (Å²) in [7, 11) is 0. The van der Waals surface area contributed by atoms with E-state index in [2.05, 4.69) is 5.32 Å². The number of non-ortho nitro benzene ring substituents is 1. The average Bonchev–Trinajstić information content (AvgIpc) is 3.08. The third kappa shape index (κ3) is 3.56. The Balaban J connectivity index is 1.84. The number of anilines is 1. The van der Waals surface area contributed by atoms with E-state index in [9.17, 15) is 14.9 Å². The van der Waals surface area contributed by atoms with Crippen molar-refractivity contribution in [1.29, 1.82) is 0 Å². The Bertz CT molecular complexity index is 1010. The van der Waals surface area contributed by atoms with E-state index in [1.165, 1.54) is 24.3 Å². The quantitative estimate of drug-likeness (QED) is 0.455. The molecule has 132 valence electrons. The molecule has 1 heterocycles. The Kier molecular flexibility index (Phi) is 4.97. The molecule has 0 bridgehead atoms. The van der Waals surface area contributed by atoms with Crippen molar-refractivity contribution in [3.63, 3.8) is 0 Å². The molecule has 3 aromatic rings. The van der Waals surface area contributed by atoms with E-state index in [-0.39, 0.29) is 16.5 Å². The summed E-state index contributed by atoms with van der Waals surface area (Å²) in [6.45, 7) is 1.79. The first kappa shape index (κ1) is 18.0. The van der Waals surface area contributed by atoms with Gasteiger partial charge in [0.05, 0.1) is 9.95 Å². The molecule has 1 amide bonds. The second-order valence-corrected chi connectivity index (χ2v) is 6.27. The fourth-order valence-electron chi connectivity index (χ4n) is 2.35. The van der Waals surface area contributed by atoms with Crippen molar-refractivity contribution in [3.8, 4) is 11.3 Å². The Morgan fingerprint density at radius 1 is 1.12 bits per heavy atom. The van der Waals surface area contributed by atoms with Gasteiger partial charge in [-0.25, -0.2) is 0 Å². The molecule has 0 aliphatic carbocycles. The zero-order chi connectivity index (χ0) is 18.8. The molecule has 6 nitrogen and oxygen atoms in total. The van der Waals surface area contributed by atoms with Crippen LogP contribution in [0.25, 0.3) is 11.3 Å². The number of carbonyl (C=O) groups excluding carboxylic acids is 1. The van der Waals surface area contributed by atoms with Crippen LogP contribution in [0.15, 0.2) is 52.9 Å². The Labute approximate surface area is 158 Å². The van der Waals surface area contributed by atoms with Crippen LogP contribution in [-0.4, -0.2) is 10.8 Å². The van der Waals surface area contributed by atoms with Gasteiger partial charge in [0.15, 0.2) is 5.76 Å². The first-order valence-corrected chi connectivity index (χ1v) is 8.23. The number of nitro groups is 1. The molecule has 0 aliphatic heterocycles. The van der Waals surface area contributed by atoms with Crippen LogP contribution in [0.3, 0.4) is 0 Å². The van der Waals surface area contributed by atoms with Crippen molar-refractivity contribution in [2.45, 2.75) is 6.92 Å². The number of nitrogens with zero attached hydrogens (tertiary/aromatic N) is 1. The van der Waals surface area contributed by atoms with E-state index in [1.807, 2.05) is 0 Å². The van der Waals surface area contributed by atoms with Crippen LogP contribution in [0.4, 0.5) is 11.4 Å². The van der Waals surface area contributed by atoms with Gasteiger partial charge in [0.2, 0.25) is 0 Å². The summed E-state index contributed by atoms with van der Waals surface area (Å²) in [5.74, 6) is -0.0358. The van der Waals surface area contributed by atoms with Crippen molar-refractivity contribution < 1.29 is 14.1 Å². The molecule has 1 aromatic heterocycles. The van der Waals surface area contributed by atoms with Crippen LogP contribution < -0.4 is 5.32 Å². The van der Waals surface area contributed by atoms with Gasteiger partial charge in [0, 0.05) is 28.4 Å². The third-order valence-corrected chi connectivity index (χ3v) is 4.50. The SMILES string of the molecule is Cc1c(Cl)cccc1NC(=O)c1ccc(-c2ccc([N+](=O)[O-])cc2Cl)o1.